The van der Waals surface area contributed by atoms with Gasteiger partial charge in [0.1, 0.15) is 0 Å². The Bertz CT molecular complexity index is 235. The lowest BCUT2D eigenvalue weighted by Crippen LogP contribution is -1.96. The van der Waals surface area contributed by atoms with E-state index in [9.17, 15) is 0 Å². The van der Waals surface area contributed by atoms with Gasteiger partial charge in [-0.05, 0) is 11.8 Å². The lowest BCUT2D eigenvalue weighted by atomic mass is 10.0. The summed E-state index contributed by atoms with van der Waals surface area (Å²) in [6.45, 7) is 8.59. The highest BCUT2D eigenvalue weighted by molar-refractivity contribution is 5.16. The fraction of sp³-hybridized carbons (Fsp3) is 0.778. The average molecular weight is 167 g/mol. The van der Waals surface area contributed by atoms with Crippen molar-refractivity contribution in [3.05, 3.63) is 11.4 Å². The van der Waals surface area contributed by atoms with Gasteiger partial charge in [-0.1, -0.05) is 27.7 Å². The molecule has 0 saturated heterocycles. The van der Waals surface area contributed by atoms with Crippen LogP contribution in [-0.2, 0) is 7.05 Å². The van der Waals surface area contributed by atoms with Crippen LogP contribution < -0.4 is 0 Å². The van der Waals surface area contributed by atoms with Crippen molar-refractivity contribution in [2.75, 3.05) is 0 Å². The Morgan fingerprint density at radius 2 is 1.25 bits per heavy atom. The molecule has 0 bridgehead atoms. The number of rotatable bonds is 2. The zero-order valence-electron chi connectivity index (χ0n) is 8.50. The van der Waals surface area contributed by atoms with Gasteiger partial charge in [0.15, 0.2) is 0 Å². The van der Waals surface area contributed by atoms with E-state index < -0.39 is 0 Å². The molecule has 1 aromatic heterocycles. The van der Waals surface area contributed by atoms with Gasteiger partial charge in [-0.25, -0.2) is 0 Å². The fourth-order valence-corrected chi connectivity index (χ4v) is 1.26. The summed E-state index contributed by atoms with van der Waals surface area (Å²) in [4.78, 5) is 1.66. The Morgan fingerprint density at radius 3 is 1.50 bits per heavy atom. The smallest absolute Gasteiger partial charge is 0.0887 e. The Morgan fingerprint density at radius 1 is 0.917 bits per heavy atom. The van der Waals surface area contributed by atoms with E-state index in [0.717, 1.165) is 11.4 Å². The highest BCUT2D eigenvalue weighted by Gasteiger charge is 2.15. The first-order valence-electron chi connectivity index (χ1n) is 4.43. The van der Waals surface area contributed by atoms with E-state index in [1.807, 2.05) is 7.05 Å². The number of hydrogen-bond acceptors (Lipinski definition) is 2. The maximum absolute atomic E-state index is 4.34. The lowest BCUT2D eigenvalue weighted by Gasteiger charge is -2.04. The van der Waals surface area contributed by atoms with Crippen LogP contribution in [0.5, 0.6) is 0 Å². The first kappa shape index (κ1) is 9.23. The molecule has 0 aliphatic rings. The third-order valence-corrected chi connectivity index (χ3v) is 1.86. The molecule has 1 heterocycles. The summed E-state index contributed by atoms with van der Waals surface area (Å²) in [6, 6.07) is 0. The quantitative estimate of drug-likeness (QED) is 0.675. The van der Waals surface area contributed by atoms with Crippen LogP contribution in [-0.4, -0.2) is 15.0 Å². The van der Waals surface area contributed by atoms with Gasteiger partial charge < -0.3 is 0 Å². The van der Waals surface area contributed by atoms with Gasteiger partial charge in [0.05, 0.1) is 11.4 Å². The standard InChI is InChI=1S/C9H17N3/c1-6(2)8-9(7(3)4)11-12(5)10-8/h6-7H,1-5H3. The van der Waals surface area contributed by atoms with Crippen LogP contribution >= 0.6 is 0 Å². The first-order chi connectivity index (χ1) is 5.52. The molecule has 0 atom stereocenters. The molecular weight excluding hydrogens is 150 g/mol. The number of hydrogen-bond donors (Lipinski definition) is 0. The molecule has 1 aromatic rings. The minimum absolute atomic E-state index is 0.469. The first-order valence-corrected chi connectivity index (χ1v) is 4.43. The summed E-state index contributed by atoms with van der Waals surface area (Å²) in [5.74, 6) is 0.937. The van der Waals surface area contributed by atoms with Crippen molar-refractivity contribution in [2.24, 2.45) is 7.05 Å². The predicted molar refractivity (Wildman–Crippen MR) is 49.2 cm³/mol. The molecule has 0 unspecified atom stereocenters. The van der Waals surface area contributed by atoms with Crippen molar-refractivity contribution in [2.45, 2.75) is 39.5 Å². The number of nitrogens with zero attached hydrogens (tertiary/aromatic N) is 3. The van der Waals surface area contributed by atoms with Crippen molar-refractivity contribution >= 4 is 0 Å². The van der Waals surface area contributed by atoms with Gasteiger partial charge in [-0.15, -0.1) is 0 Å². The van der Waals surface area contributed by atoms with Crippen LogP contribution in [0.2, 0.25) is 0 Å². The van der Waals surface area contributed by atoms with Crippen LogP contribution in [0.25, 0.3) is 0 Å². The van der Waals surface area contributed by atoms with E-state index in [0.29, 0.717) is 11.8 Å². The Balaban J connectivity index is 3.08. The van der Waals surface area contributed by atoms with Crippen molar-refractivity contribution in [3.8, 4) is 0 Å². The van der Waals surface area contributed by atoms with Crippen LogP contribution in [0.1, 0.15) is 50.9 Å². The number of aromatic nitrogens is 3. The third-order valence-electron chi connectivity index (χ3n) is 1.86. The van der Waals surface area contributed by atoms with E-state index in [2.05, 4.69) is 37.9 Å². The summed E-state index contributed by atoms with van der Waals surface area (Å²) in [7, 11) is 1.87. The molecule has 3 heteroatoms. The zero-order chi connectivity index (χ0) is 9.30. The third kappa shape index (κ3) is 1.65. The van der Waals surface area contributed by atoms with E-state index >= 15 is 0 Å². The van der Waals surface area contributed by atoms with Crippen molar-refractivity contribution in [1.29, 1.82) is 0 Å². The summed E-state index contributed by atoms with van der Waals surface area (Å²) >= 11 is 0. The lowest BCUT2D eigenvalue weighted by molar-refractivity contribution is 0.629. The molecular formula is C9H17N3. The second-order valence-corrected chi connectivity index (χ2v) is 3.77. The van der Waals surface area contributed by atoms with Crippen molar-refractivity contribution < 1.29 is 0 Å². The minimum atomic E-state index is 0.469. The SMILES string of the molecule is CC(C)c1nn(C)nc1C(C)C. The molecule has 0 amide bonds. The Hall–Kier alpha value is -0.860. The van der Waals surface area contributed by atoms with E-state index in [-0.39, 0.29) is 0 Å². The fourth-order valence-electron chi connectivity index (χ4n) is 1.26. The van der Waals surface area contributed by atoms with Crippen LogP contribution in [0, 0.1) is 0 Å². The van der Waals surface area contributed by atoms with Gasteiger partial charge in [0.25, 0.3) is 0 Å². The molecule has 68 valence electrons. The van der Waals surface area contributed by atoms with Gasteiger partial charge in [0.2, 0.25) is 0 Å². The molecule has 0 fully saturated rings. The van der Waals surface area contributed by atoms with Crippen molar-refractivity contribution in [1.82, 2.24) is 15.0 Å². The van der Waals surface area contributed by atoms with E-state index in [1.54, 1.807) is 4.80 Å². The molecule has 0 radical (unpaired) electrons. The van der Waals surface area contributed by atoms with Crippen LogP contribution in [0.4, 0.5) is 0 Å². The average Bonchev–Trinajstić information content (AvgIpc) is 2.31. The van der Waals surface area contributed by atoms with Gasteiger partial charge in [0, 0.05) is 7.05 Å². The van der Waals surface area contributed by atoms with Crippen molar-refractivity contribution in [3.63, 3.8) is 0 Å². The van der Waals surface area contributed by atoms with Gasteiger partial charge in [-0.3, -0.25) is 0 Å². The molecule has 0 aliphatic carbocycles. The zero-order valence-corrected chi connectivity index (χ0v) is 8.50. The molecule has 0 N–H and O–H groups in total. The highest BCUT2D eigenvalue weighted by Crippen LogP contribution is 2.21. The molecule has 1 rings (SSSR count). The number of aryl methyl sites for hydroxylation is 1. The maximum Gasteiger partial charge on any atom is 0.0887 e. The monoisotopic (exact) mass is 167 g/mol. The highest BCUT2D eigenvalue weighted by atomic mass is 15.5. The van der Waals surface area contributed by atoms with Crippen LogP contribution in [0.15, 0.2) is 0 Å². The van der Waals surface area contributed by atoms with E-state index in [4.69, 9.17) is 0 Å². The topological polar surface area (TPSA) is 30.7 Å². The Labute approximate surface area is 73.8 Å². The summed E-state index contributed by atoms with van der Waals surface area (Å²) in [5, 5.41) is 8.67. The minimum Gasteiger partial charge on any atom is -0.188 e. The van der Waals surface area contributed by atoms with Gasteiger partial charge in [-0.2, -0.15) is 15.0 Å². The maximum atomic E-state index is 4.34. The van der Waals surface area contributed by atoms with Gasteiger partial charge >= 0.3 is 0 Å². The second kappa shape index (κ2) is 3.25. The van der Waals surface area contributed by atoms with E-state index in [1.165, 1.54) is 0 Å². The molecule has 0 aromatic carbocycles. The molecule has 0 aliphatic heterocycles. The normalized spacial score (nSPS) is 11.6. The predicted octanol–water partition coefficient (Wildman–Crippen LogP) is 2.06. The molecule has 3 nitrogen and oxygen atoms in total. The molecule has 0 saturated carbocycles. The summed E-state index contributed by atoms with van der Waals surface area (Å²) < 4.78 is 0. The van der Waals surface area contributed by atoms with Crippen LogP contribution in [0.3, 0.4) is 0 Å². The summed E-state index contributed by atoms with van der Waals surface area (Å²) in [5.41, 5.74) is 2.26. The second-order valence-electron chi connectivity index (χ2n) is 3.77. The largest absolute Gasteiger partial charge is 0.188 e. The summed E-state index contributed by atoms with van der Waals surface area (Å²) in [6.07, 6.45) is 0. The molecule has 12 heavy (non-hydrogen) atoms. The molecule has 0 spiro atoms. The Kier molecular flexibility index (Phi) is 2.50.